The normalized spacial score (nSPS) is 12.5. The van der Waals surface area contributed by atoms with Crippen LogP contribution in [0.2, 0.25) is 0 Å². The van der Waals surface area contributed by atoms with Gasteiger partial charge in [-0.2, -0.15) is 5.11 Å². The number of hydrogen-bond acceptors (Lipinski definition) is 11. The van der Waals surface area contributed by atoms with E-state index in [1.54, 1.807) is 12.1 Å². The minimum absolute atomic E-state index is 0.120. The molecule has 0 bridgehead atoms. The van der Waals surface area contributed by atoms with Gasteiger partial charge in [0.15, 0.2) is 5.69 Å². The molecule has 0 radical (unpaired) electrons. The highest BCUT2D eigenvalue weighted by Crippen LogP contribution is 2.43. The Kier molecular flexibility index (Phi) is 29.0. The number of unbranched alkanes of at least 4 members (excludes halogenated alkanes) is 16. The second-order valence-electron chi connectivity index (χ2n) is 18.7. The summed E-state index contributed by atoms with van der Waals surface area (Å²) in [6, 6.07) is 13.3. The molecule has 0 aromatic heterocycles. The summed E-state index contributed by atoms with van der Waals surface area (Å²) in [4.78, 5) is 24.6. The number of non-ortho nitro benzene ring substituents is 1. The zero-order valence-corrected chi connectivity index (χ0v) is 43.2. The molecule has 0 aliphatic rings. The van der Waals surface area contributed by atoms with Crippen LogP contribution in [0, 0.1) is 39.0 Å². The molecular formula is C55H87N7O6. The second-order valence-corrected chi connectivity index (χ2v) is 18.7. The molecule has 0 fully saturated rings. The highest BCUT2D eigenvalue weighted by atomic mass is 16.6. The first-order chi connectivity index (χ1) is 33.1. The maximum absolute atomic E-state index is 12.0. The van der Waals surface area contributed by atoms with E-state index >= 15 is 0 Å². The van der Waals surface area contributed by atoms with Crippen LogP contribution in [0.15, 0.2) is 69.0 Å². The lowest BCUT2D eigenvalue weighted by atomic mass is 10.0. The van der Waals surface area contributed by atoms with Gasteiger partial charge in [-0.1, -0.05) is 170 Å². The van der Waals surface area contributed by atoms with Gasteiger partial charge in [0, 0.05) is 37.0 Å². The maximum atomic E-state index is 12.0. The first-order valence-electron chi connectivity index (χ1n) is 26.6. The van der Waals surface area contributed by atoms with Crippen molar-refractivity contribution in [2.24, 2.45) is 32.3 Å². The number of nitrogens with zero attached hydrogens (tertiary/aromatic N) is 7. The van der Waals surface area contributed by atoms with E-state index in [1.165, 1.54) is 121 Å². The predicted octanol–water partition coefficient (Wildman–Crippen LogP) is 18.9. The third kappa shape index (κ3) is 21.6. The van der Waals surface area contributed by atoms with Crippen LogP contribution in [-0.2, 0) is 0 Å². The molecule has 0 heterocycles. The number of azo groups is 2. The van der Waals surface area contributed by atoms with Crippen molar-refractivity contribution in [2.75, 3.05) is 31.2 Å². The Morgan fingerprint density at radius 1 is 0.500 bits per heavy atom. The van der Waals surface area contributed by atoms with Crippen LogP contribution in [0.5, 0.6) is 11.5 Å². The molecule has 0 aliphatic carbocycles. The number of nitro groups is 2. The van der Waals surface area contributed by atoms with Crippen LogP contribution < -0.4 is 14.4 Å². The van der Waals surface area contributed by atoms with Crippen molar-refractivity contribution in [2.45, 2.75) is 203 Å². The maximum Gasteiger partial charge on any atom is 0.303 e. The highest BCUT2D eigenvalue weighted by molar-refractivity contribution is 5.68. The molecule has 3 rings (SSSR count). The number of nitro benzene ring substituents is 2. The summed E-state index contributed by atoms with van der Waals surface area (Å²) in [5.41, 5.74) is 2.74. The van der Waals surface area contributed by atoms with E-state index in [2.05, 4.69) is 81.8 Å². The number of anilines is 1. The third-order valence-electron chi connectivity index (χ3n) is 13.1. The first kappa shape index (κ1) is 57.4. The average Bonchev–Trinajstić information content (AvgIpc) is 3.34. The van der Waals surface area contributed by atoms with Crippen molar-refractivity contribution in [3.05, 3.63) is 74.3 Å². The fourth-order valence-corrected chi connectivity index (χ4v) is 8.40. The zero-order chi connectivity index (χ0) is 49.4. The molecule has 0 spiro atoms. The van der Waals surface area contributed by atoms with E-state index in [0.717, 1.165) is 81.8 Å². The summed E-state index contributed by atoms with van der Waals surface area (Å²) in [5, 5.41) is 41.8. The van der Waals surface area contributed by atoms with E-state index in [1.807, 2.05) is 0 Å². The number of rotatable bonds is 39. The smallest absolute Gasteiger partial charge is 0.303 e. The topological polar surface area (TPSA) is 157 Å². The number of benzene rings is 3. The zero-order valence-electron chi connectivity index (χ0n) is 43.2. The van der Waals surface area contributed by atoms with Crippen LogP contribution >= 0.6 is 0 Å². The fourth-order valence-electron chi connectivity index (χ4n) is 8.40. The summed E-state index contributed by atoms with van der Waals surface area (Å²) < 4.78 is 13.1. The van der Waals surface area contributed by atoms with Crippen LogP contribution in [0.25, 0.3) is 0 Å². The van der Waals surface area contributed by atoms with Crippen molar-refractivity contribution < 1.29 is 19.3 Å². The summed E-state index contributed by atoms with van der Waals surface area (Å²) in [6.45, 7) is 18.3. The quantitative estimate of drug-likeness (QED) is 0.0238. The van der Waals surface area contributed by atoms with Gasteiger partial charge in [-0.15, -0.1) is 15.3 Å². The van der Waals surface area contributed by atoms with Gasteiger partial charge in [-0.25, -0.2) is 0 Å². The Morgan fingerprint density at radius 2 is 0.926 bits per heavy atom. The molecule has 13 nitrogen and oxygen atoms in total. The van der Waals surface area contributed by atoms with E-state index in [9.17, 15) is 20.2 Å². The van der Waals surface area contributed by atoms with Crippen LogP contribution in [-0.4, -0.2) is 36.1 Å². The Bertz CT molecular complexity index is 1940. The summed E-state index contributed by atoms with van der Waals surface area (Å²) in [5.74, 6) is 1.45. The molecule has 3 aromatic carbocycles. The van der Waals surface area contributed by atoms with Crippen molar-refractivity contribution in [3.63, 3.8) is 0 Å². The SMILES string of the molecule is CCCCCCCCCCN(CCCCCCCCCC)c1ccc(N=Nc2cc(OCC(CC)CCCC)c(N=Nc3ccc([N+](=O)[O-])cc3[N+](=O)[O-])cc2OCC(CC)CCCC)c(C)c1. The van der Waals surface area contributed by atoms with Crippen molar-refractivity contribution >= 4 is 39.8 Å². The molecule has 0 aliphatic heterocycles. The third-order valence-corrected chi connectivity index (χ3v) is 13.1. The van der Waals surface area contributed by atoms with Crippen LogP contribution in [0.4, 0.5) is 39.8 Å². The van der Waals surface area contributed by atoms with Gasteiger partial charge < -0.3 is 14.4 Å². The Morgan fingerprint density at radius 3 is 1.35 bits per heavy atom. The molecule has 2 atom stereocenters. The lowest BCUT2D eigenvalue weighted by Gasteiger charge is -2.26. The molecule has 0 saturated heterocycles. The second kappa shape index (κ2) is 34.4. The summed E-state index contributed by atoms with van der Waals surface area (Å²) in [6.07, 6.45) is 29.0. The Balaban J connectivity index is 2.02. The minimum atomic E-state index is -0.696. The van der Waals surface area contributed by atoms with Gasteiger partial charge in [-0.05, 0) is 74.3 Å². The Labute approximate surface area is 409 Å². The molecule has 378 valence electrons. The van der Waals surface area contributed by atoms with E-state index in [-0.39, 0.29) is 5.69 Å². The molecular weight excluding hydrogens is 855 g/mol. The highest BCUT2D eigenvalue weighted by Gasteiger charge is 2.21. The van der Waals surface area contributed by atoms with Gasteiger partial charge in [0.05, 0.1) is 34.8 Å². The van der Waals surface area contributed by atoms with Crippen molar-refractivity contribution in [1.82, 2.24) is 0 Å². The summed E-state index contributed by atoms with van der Waals surface area (Å²) >= 11 is 0. The van der Waals surface area contributed by atoms with Crippen LogP contribution in [0.1, 0.15) is 201 Å². The largest absolute Gasteiger partial charge is 0.491 e. The first-order valence-corrected chi connectivity index (χ1v) is 26.6. The molecule has 0 N–H and O–H groups in total. The summed E-state index contributed by atoms with van der Waals surface area (Å²) in [7, 11) is 0. The van der Waals surface area contributed by atoms with Gasteiger partial charge in [0.25, 0.3) is 5.69 Å². The van der Waals surface area contributed by atoms with Crippen molar-refractivity contribution in [1.29, 1.82) is 0 Å². The number of hydrogen-bond donors (Lipinski definition) is 0. The van der Waals surface area contributed by atoms with Gasteiger partial charge in [0.2, 0.25) is 0 Å². The monoisotopic (exact) mass is 942 g/mol. The number of aryl methyl sites for hydroxylation is 1. The Hall–Kier alpha value is -4.94. The van der Waals surface area contributed by atoms with Gasteiger partial charge in [0.1, 0.15) is 22.9 Å². The van der Waals surface area contributed by atoms with Crippen molar-refractivity contribution in [3.8, 4) is 11.5 Å². The minimum Gasteiger partial charge on any atom is -0.491 e. The lowest BCUT2D eigenvalue weighted by molar-refractivity contribution is -0.393. The average molecular weight is 942 g/mol. The molecule has 13 heteroatoms. The molecule has 3 aromatic rings. The van der Waals surface area contributed by atoms with Crippen LogP contribution in [0.3, 0.4) is 0 Å². The van der Waals surface area contributed by atoms with E-state index < -0.39 is 21.2 Å². The molecule has 0 saturated carbocycles. The van der Waals surface area contributed by atoms with Gasteiger partial charge in [-0.3, -0.25) is 20.2 Å². The molecule has 2 unspecified atom stereocenters. The predicted molar refractivity (Wildman–Crippen MR) is 281 cm³/mol. The standard InChI is InChI=1S/C55H87N7O6/c1-8-14-18-20-22-24-26-28-36-60(37-29-27-25-23-21-19-15-9-2)47-32-34-49(44(7)38-47)56-58-51-40-55(68-43-46(13-6)31-17-11-4)52(41-54(51)67-42-45(12-5)30-16-10-3)59-57-50-35-33-48(61(63)64)39-53(50)62(65)66/h32-35,38-41,45-46H,8-31,36-37,42-43H2,1-7H3. The lowest BCUT2D eigenvalue weighted by Crippen LogP contribution is -2.25. The molecule has 68 heavy (non-hydrogen) atoms. The molecule has 0 amide bonds. The van der Waals surface area contributed by atoms with E-state index in [4.69, 9.17) is 19.7 Å². The number of ether oxygens (including phenoxy) is 2. The van der Waals surface area contributed by atoms with Gasteiger partial charge >= 0.3 is 5.69 Å². The van der Waals surface area contributed by atoms with E-state index in [0.29, 0.717) is 47.9 Å². The fraction of sp³-hybridized carbons (Fsp3) is 0.673.